The highest BCUT2D eigenvalue weighted by atomic mass is 16.4. The predicted octanol–water partition coefficient (Wildman–Crippen LogP) is 3.98. The van der Waals surface area contributed by atoms with Gasteiger partial charge in [0.2, 0.25) is 5.91 Å². The largest absolute Gasteiger partial charge is 0.481 e. The maximum atomic E-state index is 12.7. The highest BCUT2D eigenvalue weighted by molar-refractivity contribution is 5.77. The third-order valence-corrected chi connectivity index (χ3v) is 5.10. The van der Waals surface area contributed by atoms with Crippen molar-refractivity contribution in [2.24, 2.45) is 5.92 Å². The van der Waals surface area contributed by atoms with Crippen LogP contribution in [0.25, 0.3) is 0 Å². The maximum absolute atomic E-state index is 12.7. The number of aryl methyl sites for hydroxylation is 1. The second kappa shape index (κ2) is 8.86. The van der Waals surface area contributed by atoms with Crippen LogP contribution in [0.2, 0.25) is 0 Å². The summed E-state index contributed by atoms with van der Waals surface area (Å²) in [5.41, 5.74) is 2.47. The first-order chi connectivity index (χ1) is 11.5. The number of carbonyl (C=O) groups is 2. The molecule has 0 bridgehead atoms. The third kappa shape index (κ3) is 5.36. The van der Waals surface area contributed by atoms with Crippen molar-refractivity contribution in [1.29, 1.82) is 0 Å². The van der Waals surface area contributed by atoms with Gasteiger partial charge in [0, 0.05) is 25.9 Å². The van der Waals surface area contributed by atoms with E-state index < -0.39 is 5.97 Å². The molecule has 1 heterocycles. The van der Waals surface area contributed by atoms with Crippen molar-refractivity contribution in [3.63, 3.8) is 0 Å². The van der Waals surface area contributed by atoms with Crippen LogP contribution in [-0.2, 0) is 9.59 Å². The monoisotopic (exact) mass is 331 g/mol. The van der Waals surface area contributed by atoms with E-state index in [1.54, 1.807) is 0 Å². The van der Waals surface area contributed by atoms with Gasteiger partial charge in [-0.1, -0.05) is 36.8 Å². The molecule has 0 aliphatic carbocycles. The Morgan fingerprint density at radius 1 is 1.29 bits per heavy atom. The Hall–Kier alpha value is -1.84. The zero-order valence-corrected chi connectivity index (χ0v) is 14.8. The van der Waals surface area contributed by atoms with Crippen molar-refractivity contribution >= 4 is 11.9 Å². The normalized spacial score (nSPS) is 19.1. The fourth-order valence-corrected chi connectivity index (χ4v) is 3.53. The fraction of sp³-hybridized carbons (Fsp3) is 0.600. The van der Waals surface area contributed by atoms with E-state index in [0.717, 1.165) is 32.4 Å². The van der Waals surface area contributed by atoms with Crippen LogP contribution in [0.1, 0.15) is 62.5 Å². The first-order valence-electron chi connectivity index (χ1n) is 9.05. The van der Waals surface area contributed by atoms with Crippen LogP contribution in [0.3, 0.4) is 0 Å². The molecular weight excluding hydrogens is 302 g/mol. The van der Waals surface area contributed by atoms with Gasteiger partial charge in [-0.15, -0.1) is 0 Å². The molecule has 1 aromatic carbocycles. The standard InChI is InChI=1S/C20H29NO3/c1-3-17(18-9-6-15(2)7-10-18)13-19(22)21-12-4-5-16(14-21)8-11-20(23)24/h6-7,9-10,16-17H,3-5,8,11-14H2,1-2H3,(H,23,24). The van der Waals surface area contributed by atoms with Crippen molar-refractivity contribution in [3.8, 4) is 0 Å². The van der Waals surface area contributed by atoms with E-state index in [4.69, 9.17) is 5.11 Å². The molecule has 0 aromatic heterocycles. The van der Waals surface area contributed by atoms with Gasteiger partial charge in [0.25, 0.3) is 0 Å². The van der Waals surface area contributed by atoms with Crippen LogP contribution in [0.4, 0.5) is 0 Å². The fourth-order valence-electron chi connectivity index (χ4n) is 3.53. The summed E-state index contributed by atoms with van der Waals surface area (Å²) in [4.78, 5) is 25.4. The molecule has 0 radical (unpaired) electrons. The lowest BCUT2D eigenvalue weighted by Gasteiger charge is -2.33. The summed E-state index contributed by atoms with van der Waals surface area (Å²) >= 11 is 0. The molecule has 1 saturated heterocycles. The number of benzene rings is 1. The molecule has 24 heavy (non-hydrogen) atoms. The second-order valence-electron chi connectivity index (χ2n) is 7.00. The SMILES string of the molecule is CCC(CC(=O)N1CCCC(CCC(=O)O)C1)c1ccc(C)cc1. The molecular formula is C20H29NO3. The van der Waals surface area contributed by atoms with E-state index in [0.29, 0.717) is 18.8 Å². The Kier molecular flexibility index (Phi) is 6.83. The molecule has 2 rings (SSSR count). The number of rotatable bonds is 7. The molecule has 2 unspecified atom stereocenters. The van der Waals surface area contributed by atoms with Gasteiger partial charge in [-0.25, -0.2) is 0 Å². The number of carboxylic acid groups (broad SMARTS) is 1. The molecule has 1 aromatic rings. The summed E-state index contributed by atoms with van der Waals surface area (Å²) in [5.74, 6) is 0.0575. The summed E-state index contributed by atoms with van der Waals surface area (Å²) in [6, 6.07) is 8.46. The van der Waals surface area contributed by atoms with Crippen molar-refractivity contribution in [3.05, 3.63) is 35.4 Å². The average molecular weight is 331 g/mol. The second-order valence-corrected chi connectivity index (χ2v) is 7.00. The van der Waals surface area contributed by atoms with Gasteiger partial charge < -0.3 is 10.0 Å². The minimum Gasteiger partial charge on any atom is -0.481 e. The first kappa shape index (κ1) is 18.5. The van der Waals surface area contributed by atoms with Crippen LogP contribution >= 0.6 is 0 Å². The Morgan fingerprint density at radius 2 is 2.00 bits per heavy atom. The molecule has 0 saturated carbocycles. The lowest BCUT2D eigenvalue weighted by atomic mass is 9.90. The van der Waals surface area contributed by atoms with Gasteiger partial charge in [0.15, 0.2) is 0 Å². The number of carboxylic acids is 1. The van der Waals surface area contributed by atoms with Crippen LogP contribution in [-0.4, -0.2) is 35.0 Å². The quantitative estimate of drug-likeness (QED) is 0.822. The number of piperidine rings is 1. The van der Waals surface area contributed by atoms with Crippen LogP contribution in [0.5, 0.6) is 0 Å². The Balaban J connectivity index is 1.92. The van der Waals surface area contributed by atoms with Gasteiger partial charge in [0.05, 0.1) is 0 Å². The zero-order valence-electron chi connectivity index (χ0n) is 14.8. The summed E-state index contributed by atoms with van der Waals surface area (Å²) in [6.07, 6.45) is 4.39. The lowest BCUT2D eigenvalue weighted by Crippen LogP contribution is -2.40. The number of nitrogens with zero attached hydrogens (tertiary/aromatic N) is 1. The molecule has 1 aliphatic heterocycles. The molecule has 4 nitrogen and oxygen atoms in total. The molecule has 1 amide bonds. The minimum absolute atomic E-state index is 0.202. The van der Waals surface area contributed by atoms with Gasteiger partial charge >= 0.3 is 5.97 Å². The molecule has 1 aliphatic rings. The Morgan fingerprint density at radius 3 is 2.62 bits per heavy atom. The van der Waals surface area contributed by atoms with Gasteiger partial charge in [-0.2, -0.15) is 0 Å². The van der Waals surface area contributed by atoms with Gasteiger partial charge in [-0.3, -0.25) is 9.59 Å². The number of carbonyl (C=O) groups excluding carboxylic acids is 1. The highest BCUT2D eigenvalue weighted by Crippen LogP contribution is 2.27. The smallest absolute Gasteiger partial charge is 0.303 e. The predicted molar refractivity (Wildman–Crippen MR) is 95.0 cm³/mol. The number of hydrogen-bond acceptors (Lipinski definition) is 2. The molecule has 1 fully saturated rings. The average Bonchev–Trinajstić information content (AvgIpc) is 2.59. The Labute approximate surface area is 144 Å². The molecule has 4 heteroatoms. The van der Waals surface area contributed by atoms with Crippen molar-refractivity contribution in [2.45, 2.75) is 58.3 Å². The van der Waals surface area contributed by atoms with Crippen molar-refractivity contribution < 1.29 is 14.7 Å². The molecule has 0 spiro atoms. The Bertz CT molecular complexity index is 553. The van der Waals surface area contributed by atoms with E-state index in [9.17, 15) is 9.59 Å². The van der Waals surface area contributed by atoms with E-state index in [1.165, 1.54) is 11.1 Å². The maximum Gasteiger partial charge on any atom is 0.303 e. The van der Waals surface area contributed by atoms with E-state index in [-0.39, 0.29) is 18.2 Å². The number of hydrogen-bond donors (Lipinski definition) is 1. The summed E-state index contributed by atoms with van der Waals surface area (Å²) in [6.45, 7) is 5.73. The summed E-state index contributed by atoms with van der Waals surface area (Å²) in [7, 11) is 0. The number of likely N-dealkylation sites (tertiary alicyclic amines) is 1. The summed E-state index contributed by atoms with van der Waals surface area (Å²) in [5, 5.41) is 8.84. The van der Waals surface area contributed by atoms with Crippen LogP contribution < -0.4 is 0 Å². The van der Waals surface area contributed by atoms with E-state index >= 15 is 0 Å². The third-order valence-electron chi connectivity index (χ3n) is 5.10. The van der Waals surface area contributed by atoms with E-state index in [2.05, 4.69) is 38.1 Å². The summed E-state index contributed by atoms with van der Waals surface area (Å²) < 4.78 is 0. The minimum atomic E-state index is -0.746. The van der Waals surface area contributed by atoms with Crippen molar-refractivity contribution in [1.82, 2.24) is 4.90 Å². The van der Waals surface area contributed by atoms with Crippen LogP contribution in [0.15, 0.2) is 24.3 Å². The molecule has 1 N–H and O–H groups in total. The molecule has 132 valence electrons. The zero-order chi connectivity index (χ0) is 17.5. The number of aliphatic carboxylic acids is 1. The molecule has 2 atom stereocenters. The number of amides is 1. The van der Waals surface area contributed by atoms with Crippen molar-refractivity contribution in [2.75, 3.05) is 13.1 Å². The lowest BCUT2D eigenvalue weighted by molar-refractivity contribution is -0.137. The van der Waals surface area contributed by atoms with Crippen LogP contribution in [0, 0.1) is 12.8 Å². The van der Waals surface area contributed by atoms with Gasteiger partial charge in [-0.05, 0) is 50.0 Å². The van der Waals surface area contributed by atoms with E-state index in [1.807, 2.05) is 4.90 Å². The highest BCUT2D eigenvalue weighted by Gasteiger charge is 2.25. The topological polar surface area (TPSA) is 57.6 Å². The first-order valence-corrected chi connectivity index (χ1v) is 9.05. The van der Waals surface area contributed by atoms with Gasteiger partial charge in [0.1, 0.15) is 0 Å².